The summed E-state index contributed by atoms with van der Waals surface area (Å²) in [6, 6.07) is 0. The second kappa shape index (κ2) is 5.96. The van der Waals surface area contributed by atoms with Crippen molar-refractivity contribution >= 4 is 5.97 Å². The van der Waals surface area contributed by atoms with Gasteiger partial charge in [0.1, 0.15) is 0 Å². The second-order valence-corrected chi connectivity index (χ2v) is 4.01. The smallest absolute Gasteiger partial charge is 0.377 e. The van der Waals surface area contributed by atoms with E-state index in [2.05, 4.69) is 6.58 Å². The number of carboxylic acid groups (broad SMARTS) is 1. The first kappa shape index (κ1) is 21.0. The third kappa shape index (κ3) is 4.64. The van der Waals surface area contributed by atoms with Gasteiger partial charge in [0.15, 0.2) is 0 Å². The van der Waals surface area contributed by atoms with Crippen molar-refractivity contribution in [1.29, 1.82) is 0 Å². The molecule has 0 unspecified atom stereocenters. The van der Waals surface area contributed by atoms with Gasteiger partial charge in [0, 0.05) is 19.4 Å². The number of halogens is 8. The fourth-order valence-corrected chi connectivity index (χ4v) is 0.551. The highest BCUT2D eigenvalue weighted by molar-refractivity contribution is 5.84. The van der Waals surface area contributed by atoms with Gasteiger partial charge in [-0.2, -0.15) is 35.1 Å². The molecule has 0 atom stereocenters. The predicted octanol–water partition coefficient (Wildman–Crippen LogP) is 4.21. The lowest BCUT2D eigenvalue weighted by Gasteiger charge is -2.33. The molecule has 0 aliphatic rings. The summed E-state index contributed by atoms with van der Waals surface area (Å²) in [5.74, 6) is -23.6. The van der Waals surface area contributed by atoms with Gasteiger partial charge in [0.25, 0.3) is 0 Å². The Labute approximate surface area is 109 Å². The van der Waals surface area contributed by atoms with Crippen LogP contribution in [-0.2, 0) is 4.79 Å². The van der Waals surface area contributed by atoms with Crippen LogP contribution < -0.4 is 0 Å². The van der Waals surface area contributed by atoms with Crippen LogP contribution in [0.2, 0.25) is 0 Å². The average Bonchev–Trinajstić information content (AvgIpc) is 2.14. The average molecular weight is 316 g/mol. The first-order valence-corrected chi connectivity index (χ1v) is 4.79. The van der Waals surface area contributed by atoms with Crippen molar-refractivity contribution in [3.05, 3.63) is 12.2 Å². The van der Waals surface area contributed by atoms with E-state index in [9.17, 15) is 39.9 Å². The Bertz CT molecular complexity index is 328. The Hall–Kier alpha value is -1.35. The molecule has 0 fully saturated rings. The number of rotatable bonds is 4. The lowest BCUT2D eigenvalue weighted by atomic mass is 10.0. The Morgan fingerprint density at radius 1 is 0.850 bits per heavy atom. The van der Waals surface area contributed by atoms with Crippen LogP contribution in [0, 0.1) is 0 Å². The van der Waals surface area contributed by atoms with Gasteiger partial charge in [0.05, 0.1) is 0 Å². The molecule has 0 spiro atoms. The van der Waals surface area contributed by atoms with Gasteiger partial charge >= 0.3 is 29.7 Å². The summed E-state index contributed by atoms with van der Waals surface area (Å²) in [6.07, 6.45) is 0. The van der Waals surface area contributed by atoms with E-state index in [4.69, 9.17) is 5.11 Å². The van der Waals surface area contributed by atoms with Crippen molar-refractivity contribution in [2.24, 2.45) is 0 Å². The topological polar surface area (TPSA) is 37.3 Å². The maximum Gasteiger partial charge on any atom is 0.377 e. The molecule has 0 rings (SSSR count). The normalized spacial score (nSPS) is 13.3. The Kier molecular flexibility index (Phi) is 6.25. The van der Waals surface area contributed by atoms with Crippen molar-refractivity contribution in [3.63, 3.8) is 0 Å². The molecule has 20 heavy (non-hydrogen) atoms. The highest BCUT2D eigenvalue weighted by Gasteiger charge is 2.77. The van der Waals surface area contributed by atoms with Gasteiger partial charge in [0.2, 0.25) is 0 Å². The molecule has 2 nitrogen and oxygen atoms in total. The third-order valence-electron chi connectivity index (χ3n) is 1.86. The summed E-state index contributed by atoms with van der Waals surface area (Å²) in [4.78, 5) is 9.60. The van der Waals surface area contributed by atoms with Crippen molar-refractivity contribution in [2.75, 3.05) is 0 Å². The molecular formula is C10H12F8O2. The molecule has 120 valence electrons. The third-order valence-corrected chi connectivity index (χ3v) is 1.86. The zero-order valence-corrected chi connectivity index (χ0v) is 10.6. The number of aliphatic carboxylic acids is 1. The lowest BCUT2D eigenvalue weighted by molar-refractivity contribution is -0.357. The molecule has 1 N–H and O–H groups in total. The molecule has 0 aromatic carbocycles. The first-order valence-electron chi connectivity index (χ1n) is 4.79. The van der Waals surface area contributed by atoms with Gasteiger partial charge in [-0.05, 0) is 6.92 Å². The highest BCUT2D eigenvalue weighted by Crippen LogP contribution is 2.51. The molecule has 0 bridgehead atoms. The van der Waals surface area contributed by atoms with Crippen LogP contribution in [0.4, 0.5) is 35.1 Å². The summed E-state index contributed by atoms with van der Waals surface area (Å²) >= 11 is 0. The van der Waals surface area contributed by atoms with Crippen molar-refractivity contribution in [3.8, 4) is 0 Å². The standard InChI is InChI=1S/C6H6F8.C4H6O2/c1-3(7,8)5(11,12)6(13,14)4(2,9)10;1-3(2)4(5)6/h1-2H3;1H2,2H3,(H,5,6). The Morgan fingerprint density at radius 2 is 1.00 bits per heavy atom. The van der Waals surface area contributed by atoms with E-state index in [1.54, 1.807) is 0 Å². The van der Waals surface area contributed by atoms with Crippen LogP contribution >= 0.6 is 0 Å². The molecular weight excluding hydrogens is 304 g/mol. The van der Waals surface area contributed by atoms with E-state index >= 15 is 0 Å². The number of alkyl halides is 8. The second-order valence-electron chi connectivity index (χ2n) is 4.01. The Balaban J connectivity index is 0. The fraction of sp³-hybridized carbons (Fsp3) is 0.700. The van der Waals surface area contributed by atoms with Gasteiger partial charge in [-0.1, -0.05) is 6.58 Å². The fourth-order valence-electron chi connectivity index (χ4n) is 0.551. The zero-order valence-electron chi connectivity index (χ0n) is 10.6. The summed E-state index contributed by atoms with van der Waals surface area (Å²) in [5.41, 5.74) is 0.176. The van der Waals surface area contributed by atoms with Gasteiger partial charge in [-0.15, -0.1) is 0 Å². The van der Waals surface area contributed by atoms with E-state index in [1.807, 2.05) is 0 Å². The van der Waals surface area contributed by atoms with E-state index in [1.165, 1.54) is 6.92 Å². The number of carboxylic acids is 1. The van der Waals surface area contributed by atoms with Crippen LogP contribution in [0.25, 0.3) is 0 Å². The van der Waals surface area contributed by atoms with Crippen LogP contribution in [0.15, 0.2) is 12.2 Å². The minimum absolute atomic E-state index is 0.176. The molecule has 0 saturated heterocycles. The summed E-state index contributed by atoms with van der Waals surface area (Å²) in [6.45, 7) is 3.50. The van der Waals surface area contributed by atoms with Gasteiger partial charge in [-0.25, -0.2) is 4.79 Å². The number of hydrogen-bond donors (Lipinski definition) is 1. The van der Waals surface area contributed by atoms with Gasteiger partial charge < -0.3 is 5.11 Å². The molecule has 0 radical (unpaired) electrons. The van der Waals surface area contributed by atoms with Crippen molar-refractivity contribution in [2.45, 2.75) is 44.5 Å². The molecule has 0 saturated carbocycles. The Morgan fingerprint density at radius 3 is 1.05 bits per heavy atom. The van der Waals surface area contributed by atoms with Crippen LogP contribution in [0.3, 0.4) is 0 Å². The highest BCUT2D eigenvalue weighted by atomic mass is 19.4. The summed E-state index contributed by atoms with van der Waals surface area (Å²) < 4.78 is 96.7. The van der Waals surface area contributed by atoms with E-state index in [0.29, 0.717) is 0 Å². The molecule has 0 amide bonds. The maximum atomic E-state index is 12.2. The minimum atomic E-state index is -6.10. The number of hydrogen-bond acceptors (Lipinski definition) is 1. The zero-order chi connectivity index (χ0) is 17.2. The number of carbonyl (C=O) groups is 1. The van der Waals surface area contributed by atoms with Gasteiger partial charge in [-0.3, -0.25) is 0 Å². The van der Waals surface area contributed by atoms with Crippen molar-refractivity contribution in [1.82, 2.24) is 0 Å². The molecule has 0 aliphatic heterocycles. The quantitative estimate of drug-likeness (QED) is 0.623. The largest absolute Gasteiger partial charge is 0.478 e. The van der Waals surface area contributed by atoms with E-state index in [-0.39, 0.29) is 5.57 Å². The molecule has 0 heterocycles. The SMILES string of the molecule is C=C(C)C(=O)O.CC(F)(F)C(F)(F)C(F)(F)C(C)(F)F. The summed E-state index contributed by atoms with van der Waals surface area (Å²) in [5, 5.41) is 7.89. The predicted molar refractivity (Wildman–Crippen MR) is 53.6 cm³/mol. The monoisotopic (exact) mass is 316 g/mol. The van der Waals surface area contributed by atoms with Crippen LogP contribution in [-0.4, -0.2) is 34.8 Å². The van der Waals surface area contributed by atoms with Crippen LogP contribution in [0.5, 0.6) is 0 Å². The summed E-state index contributed by atoms with van der Waals surface area (Å²) in [7, 11) is 0. The maximum absolute atomic E-state index is 12.2. The minimum Gasteiger partial charge on any atom is -0.478 e. The van der Waals surface area contributed by atoms with E-state index < -0.39 is 43.5 Å². The first-order chi connectivity index (χ1) is 8.39. The molecule has 10 heteroatoms. The van der Waals surface area contributed by atoms with Crippen LogP contribution in [0.1, 0.15) is 20.8 Å². The van der Waals surface area contributed by atoms with E-state index in [0.717, 1.165) is 0 Å². The van der Waals surface area contributed by atoms with Crippen molar-refractivity contribution < 1.29 is 45.0 Å². The molecule has 0 aromatic heterocycles. The molecule has 0 aliphatic carbocycles. The lowest BCUT2D eigenvalue weighted by Crippen LogP contribution is -2.60. The molecule has 0 aromatic rings.